The van der Waals surface area contributed by atoms with Crippen LogP contribution in [0.2, 0.25) is 0 Å². The summed E-state index contributed by atoms with van der Waals surface area (Å²) in [6.45, 7) is 16.8. The van der Waals surface area contributed by atoms with Crippen molar-refractivity contribution in [3.05, 3.63) is 11.6 Å². The van der Waals surface area contributed by atoms with Crippen LogP contribution in [0.4, 0.5) is 0 Å². The van der Waals surface area contributed by atoms with E-state index in [1.54, 1.807) is 5.57 Å². The highest BCUT2D eigenvalue weighted by Crippen LogP contribution is 2.67. The molecule has 0 aromatic carbocycles. The lowest BCUT2D eigenvalue weighted by Crippen LogP contribution is -2.51. The fourth-order valence-corrected chi connectivity index (χ4v) is 9.32. The number of carbonyl (C=O) groups excluding carboxylic acids is 1. The van der Waals surface area contributed by atoms with E-state index in [9.17, 15) is 4.79 Å². The van der Waals surface area contributed by atoms with E-state index in [0.717, 1.165) is 48.3 Å². The van der Waals surface area contributed by atoms with Crippen molar-refractivity contribution in [3.8, 4) is 0 Å². The van der Waals surface area contributed by atoms with Gasteiger partial charge in [0.2, 0.25) is 0 Å². The largest absolute Gasteiger partial charge is 0.462 e. The summed E-state index contributed by atoms with van der Waals surface area (Å²) in [5, 5.41) is 0. The van der Waals surface area contributed by atoms with Crippen LogP contribution in [-0.2, 0) is 9.53 Å². The number of hydrogen-bond acceptors (Lipinski definition) is 2. The molecule has 0 unspecified atom stereocenters. The lowest BCUT2D eigenvalue weighted by molar-refractivity contribution is -0.152. The van der Waals surface area contributed by atoms with Crippen LogP contribution < -0.4 is 0 Å². The number of carbonyl (C=O) groups is 1. The summed E-state index contributed by atoms with van der Waals surface area (Å²) >= 11 is 0. The predicted octanol–water partition coefficient (Wildman–Crippen LogP) is 8.99. The first kappa shape index (κ1) is 26.3. The molecule has 0 aromatic heterocycles. The second-order valence-electron chi connectivity index (χ2n) is 14.2. The minimum absolute atomic E-state index is 0.00540. The van der Waals surface area contributed by atoms with Gasteiger partial charge in [-0.2, -0.15) is 0 Å². The average Bonchev–Trinajstić information content (AvgIpc) is 3.10. The molecule has 34 heavy (non-hydrogen) atoms. The van der Waals surface area contributed by atoms with Gasteiger partial charge in [0.25, 0.3) is 0 Å². The van der Waals surface area contributed by atoms with Crippen LogP contribution in [0.25, 0.3) is 0 Å². The second-order valence-corrected chi connectivity index (χ2v) is 14.2. The monoisotopic (exact) mass is 470 g/mol. The zero-order chi connectivity index (χ0) is 24.7. The molecule has 0 saturated heterocycles. The lowest BCUT2D eigenvalue weighted by atomic mass is 9.47. The van der Waals surface area contributed by atoms with Crippen LogP contribution >= 0.6 is 0 Å². The number of allylic oxidation sites excluding steroid dienone is 1. The zero-order valence-electron chi connectivity index (χ0n) is 23.5. The van der Waals surface area contributed by atoms with Gasteiger partial charge >= 0.3 is 5.97 Å². The highest BCUT2D eigenvalue weighted by molar-refractivity contribution is 5.69. The standard InChI is InChI=1S/C32H54O2/c1-21(2)9-8-10-23(5)27-13-14-28-26-12-11-24-20-25(34-30(33)19-22(3)4)15-17-31(24,6)29(26)16-18-32(27,28)7/h11,21-23,25-29H,8-10,12-20H2,1-7H3/t23-,25-,26+,27-,28+,29+,31+,32-/m1/s1. The Kier molecular flexibility index (Phi) is 7.96. The van der Waals surface area contributed by atoms with E-state index in [1.807, 2.05) is 0 Å². The first-order chi connectivity index (χ1) is 16.0. The van der Waals surface area contributed by atoms with Crippen molar-refractivity contribution in [1.29, 1.82) is 0 Å². The third kappa shape index (κ3) is 5.04. The van der Waals surface area contributed by atoms with Crippen molar-refractivity contribution in [2.45, 2.75) is 132 Å². The maximum absolute atomic E-state index is 12.3. The Labute approximate surface area is 211 Å². The Morgan fingerprint density at radius 2 is 1.74 bits per heavy atom. The van der Waals surface area contributed by atoms with Crippen LogP contribution in [0.3, 0.4) is 0 Å². The van der Waals surface area contributed by atoms with Gasteiger partial charge in [0.1, 0.15) is 6.10 Å². The molecule has 2 heteroatoms. The van der Waals surface area contributed by atoms with Gasteiger partial charge in [-0.15, -0.1) is 0 Å². The molecule has 194 valence electrons. The summed E-state index contributed by atoms with van der Waals surface area (Å²) in [7, 11) is 0. The maximum atomic E-state index is 12.3. The highest BCUT2D eigenvalue weighted by atomic mass is 16.5. The number of esters is 1. The lowest BCUT2D eigenvalue weighted by Gasteiger charge is -2.58. The van der Waals surface area contributed by atoms with E-state index in [-0.39, 0.29) is 12.1 Å². The van der Waals surface area contributed by atoms with Crippen LogP contribution in [0.5, 0.6) is 0 Å². The van der Waals surface area contributed by atoms with E-state index in [0.29, 0.717) is 23.2 Å². The van der Waals surface area contributed by atoms with Crippen LogP contribution in [0.15, 0.2) is 11.6 Å². The van der Waals surface area contributed by atoms with Gasteiger partial charge in [-0.1, -0.05) is 79.4 Å². The first-order valence-electron chi connectivity index (χ1n) is 14.9. The van der Waals surface area contributed by atoms with Gasteiger partial charge in [0.05, 0.1) is 0 Å². The third-order valence-electron chi connectivity index (χ3n) is 11.1. The zero-order valence-corrected chi connectivity index (χ0v) is 23.5. The molecule has 2 nitrogen and oxygen atoms in total. The molecule has 0 radical (unpaired) electrons. The average molecular weight is 471 g/mol. The molecule has 0 aromatic rings. The first-order valence-corrected chi connectivity index (χ1v) is 14.9. The Hall–Kier alpha value is -0.790. The molecule has 3 saturated carbocycles. The Balaban J connectivity index is 1.42. The summed E-state index contributed by atoms with van der Waals surface area (Å²) in [6, 6.07) is 0. The SMILES string of the molecule is CC(C)CCC[C@@H](C)[C@H]1CC[C@H]2[C@@H]3CC=C4C[C@H](OC(=O)CC(C)C)CC[C@]4(C)[C@H]3CC[C@]12C. The van der Waals surface area contributed by atoms with Crippen LogP contribution in [0, 0.1) is 52.3 Å². The Morgan fingerprint density at radius 1 is 0.971 bits per heavy atom. The maximum Gasteiger partial charge on any atom is 0.306 e. The molecule has 0 amide bonds. The summed E-state index contributed by atoms with van der Waals surface area (Å²) in [5.74, 6) is 5.67. The van der Waals surface area contributed by atoms with Gasteiger partial charge in [-0.3, -0.25) is 4.79 Å². The molecule has 4 aliphatic rings. The number of rotatable bonds is 8. The highest BCUT2D eigenvalue weighted by Gasteiger charge is 2.59. The molecule has 3 fully saturated rings. The van der Waals surface area contributed by atoms with E-state index in [2.05, 4.69) is 54.5 Å². The molecule has 0 bridgehead atoms. The minimum Gasteiger partial charge on any atom is -0.462 e. The number of hydrogen-bond donors (Lipinski definition) is 0. The minimum atomic E-state index is 0.00540. The van der Waals surface area contributed by atoms with E-state index in [4.69, 9.17) is 4.74 Å². The van der Waals surface area contributed by atoms with E-state index < -0.39 is 0 Å². The van der Waals surface area contributed by atoms with Crippen molar-refractivity contribution in [1.82, 2.24) is 0 Å². The quantitative estimate of drug-likeness (QED) is 0.261. The summed E-state index contributed by atoms with van der Waals surface area (Å²) in [5.41, 5.74) is 2.53. The molecule has 0 aliphatic heterocycles. The van der Waals surface area contributed by atoms with Crippen molar-refractivity contribution in [2.24, 2.45) is 52.3 Å². The van der Waals surface area contributed by atoms with Crippen LogP contribution in [-0.4, -0.2) is 12.1 Å². The van der Waals surface area contributed by atoms with Gasteiger partial charge in [0.15, 0.2) is 0 Å². The number of ether oxygens (including phenoxy) is 1. The molecule has 0 N–H and O–H groups in total. The molecule has 4 aliphatic carbocycles. The third-order valence-corrected chi connectivity index (χ3v) is 11.1. The van der Waals surface area contributed by atoms with Gasteiger partial charge in [-0.05, 0) is 97.2 Å². The Bertz CT molecular complexity index is 750. The predicted molar refractivity (Wildman–Crippen MR) is 142 cm³/mol. The fraction of sp³-hybridized carbons (Fsp3) is 0.906. The molecule has 0 heterocycles. The van der Waals surface area contributed by atoms with Crippen molar-refractivity contribution in [3.63, 3.8) is 0 Å². The normalized spacial score (nSPS) is 40.4. The fourth-order valence-electron chi connectivity index (χ4n) is 9.32. The summed E-state index contributed by atoms with van der Waals surface area (Å²) < 4.78 is 5.93. The molecular formula is C32H54O2. The summed E-state index contributed by atoms with van der Waals surface area (Å²) in [4.78, 5) is 12.3. The smallest absolute Gasteiger partial charge is 0.306 e. The molecule has 8 atom stereocenters. The topological polar surface area (TPSA) is 26.3 Å². The van der Waals surface area contributed by atoms with Gasteiger partial charge < -0.3 is 4.74 Å². The van der Waals surface area contributed by atoms with Crippen molar-refractivity contribution < 1.29 is 9.53 Å². The summed E-state index contributed by atoms with van der Waals surface area (Å²) in [6.07, 6.45) is 17.8. The number of fused-ring (bicyclic) bond motifs is 5. The van der Waals surface area contributed by atoms with Crippen LogP contribution in [0.1, 0.15) is 126 Å². The van der Waals surface area contributed by atoms with Crippen molar-refractivity contribution in [2.75, 3.05) is 0 Å². The van der Waals surface area contributed by atoms with E-state index >= 15 is 0 Å². The van der Waals surface area contributed by atoms with Gasteiger partial charge in [0, 0.05) is 12.8 Å². The Morgan fingerprint density at radius 3 is 2.44 bits per heavy atom. The van der Waals surface area contributed by atoms with E-state index in [1.165, 1.54) is 57.8 Å². The second kappa shape index (κ2) is 10.3. The van der Waals surface area contributed by atoms with Gasteiger partial charge in [-0.25, -0.2) is 0 Å². The molecule has 0 spiro atoms. The van der Waals surface area contributed by atoms with Crippen molar-refractivity contribution >= 4 is 5.97 Å². The molecular weight excluding hydrogens is 416 g/mol. The molecule has 4 rings (SSSR count).